The van der Waals surface area contributed by atoms with Crippen molar-refractivity contribution in [1.82, 2.24) is 4.90 Å². The van der Waals surface area contributed by atoms with E-state index in [1.807, 2.05) is 0 Å². The van der Waals surface area contributed by atoms with Gasteiger partial charge in [-0.15, -0.1) is 0 Å². The Hall–Kier alpha value is -0.0800. The lowest BCUT2D eigenvalue weighted by molar-refractivity contribution is 0.0224. The molecule has 2 aliphatic carbocycles. The Morgan fingerprint density at radius 2 is 1.71 bits per heavy atom. The van der Waals surface area contributed by atoms with Crippen LogP contribution in [0.1, 0.15) is 51.4 Å². The van der Waals surface area contributed by atoms with Gasteiger partial charge >= 0.3 is 0 Å². The Bertz CT molecular complexity index is 249. The highest BCUT2D eigenvalue weighted by Gasteiger charge is 2.37. The van der Waals surface area contributed by atoms with Crippen molar-refractivity contribution >= 4 is 0 Å². The molecule has 0 aromatic carbocycles. The molecule has 1 saturated heterocycles. The molecule has 0 bridgehead atoms. The van der Waals surface area contributed by atoms with Crippen LogP contribution < -0.4 is 5.73 Å². The lowest BCUT2D eigenvalue weighted by atomic mass is 9.73. The number of rotatable bonds is 3. The SMILES string of the molecule is NCC(C1CCC1)N1CCC2CCCCC2C1. The van der Waals surface area contributed by atoms with E-state index in [9.17, 15) is 0 Å². The van der Waals surface area contributed by atoms with Crippen molar-refractivity contribution in [2.75, 3.05) is 19.6 Å². The molecule has 0 aromatic rings. The predicted octanol–water partition coefficient (Wildman–Crippen LogP) is 2.63. The minimum absolute atomic E-state index is 0.714. The predicted molar refractivity (Wildman–Crippen MR) is 71.8 cm³/mol. The summed E-state index contributed by atoms with van der Waals surface area (Å²) in [6.45, 7) is 3.59. The second-order valence-corrected chi connectivity index (χ2v) is 6.58. The van der Waals surface area contributed by atoms with Gasteiger partial charge in [0.1, 0.15) is 0 Å². The van der Waals surface area contributed by atoms with Crippen molar-refractivity contribution in [3.05, 3.63) is 0 Å². The first-order chi connectivity index (χ1) is 8.38. The van der Waals surface area contributed by atoms with Gasteiger partial charge in [-0.3, -0.25) is 4.90 Å². The van der Waals surface area contributed by atoms with Gasteiger partial charge in [0.15, 0.2) is 0 Å². The zero-order valence-corrected chi connectivity index (χ0v) is 11.1. The molecule has 3 aliphatic rings. The van der Waals surface area contributed by atoms with Gasteiger partial charge < -0.3 is 5.73 Å². The van der Waals surface area contributed by atoms with Crippen LogP contribution in [-0.2, 0) is 0 Å². The Balaban J connectivity index is 1.59. The minimum Gasteiger partial charge on any atom is -0.329 e. The fraction of sp³-hybridized carbons (Fsp3) is 1.00. The van der Waals surface area contributed by atoms with Gasteiger partial charge in [0.25, 0.3) is 0 Å². The summed E-state index contributed by atoms with van der Waals surface area (Å²) < 4.78 is 0. The molecule has 2 N–H and O–H groups in total. The molecule has 0 amide bonds. The van der Waals surface area contributed by atoms with Crippen molar-refractivity contribution in [3.8, 4) is 0 Å². The second-order valence-electron chi connectivity index (χ2n) is 6.58. The van der Waals surface area contributed by atoms with E-state index < -0.39 is 0 Å². The van der Waals surface area contributed by atoms with Gasteiger partial charge in [-0.1, -0.05) is 25.7 Å². The van der Waals surface area contributed by atoms with E-state index in [-0.39, 0.29) is 0 Å². The van der Waals surface area contributed by atoms with Crippen molar-refractivity contribution in [2.45, 2.75) is 57.4 Å². The molecule has 0 aromatic heterocycles. The molecule has 2 heteroatoms. The van der Waals surface area contributed by atoms with E-state index in [4.69, 9.17) is 5.73 Å². The average molecular weight is 236 g/mol. The molecule has 0 radical (unpaired) electrons. The third-order valence-corrected chi connectivity index (χ3v) is 5.73. The van der Waals surface area contributed by atoms with Crippen LogP contribution in [0, 0.1) is 17.8 Å². The van der Waals surface area contributed by atoms with Gasteiger partial charge in [-0.2, -0.15) is 0 Å². The molecule has 0 spiro atoms. The normalized spacial score (nSPS) is 37.2. The van der Waals surface area contributed by atoms with Gasteiger partial charge in [-0.25, -0.2) is 0 Å². The Morgan fingerprint density at radius 1 is 0.941 bits per heavy atom. The van der Waals surface area contributed by atoms with Gasteiger partial charge in [-0.05, 0) is 50.0 Å². The number of likely N-dealkylation sites (tertiary alicyclic amines) is 1. The largest absolute Gasteiger partial charge is 0.329 e. The summed E-state index contributed by atoms with van der Waals surface area (Å²) in [5.74, 6) is 2.99. The molecule has 1 aliphatic heterocycles. The smallest absolute Gasteiger partial charge is 0.0246 e. The van der Waals surface area contributed by atoms with E-state index in [0.717, 1.165) is 24.3 Å². The number of nitrogens with two attached hydrogens (primary N) is 1. The number of piperidine rings is 1. The van der Waals surface area contributed by atoms with Crippen LogP contribution in [0.3, 0.4) is 0 Å². The third-order valence-electron chi connectivity index (χ3n) is 5.73. The van der Waals surface area contributed by atoms with Gasteiger partial charge in [0.05, 0.1) is 0 Å². The number of nitrogens with zero attached hydrogens (tertiary/aromatic N) is 1. The molecule has 3 atom stereocenters. The van der Waals surface area contributed by atoms with E-state index in [0.29, 0.717) is 6.04 Å². The van der Waals surface area contributed by atoms with E-state index in [1.165, 1.54) is 64.5 Å². The van der Waals surface area contributed by atoms with E-state index >= 15 is 0 Å². The van der Waals surface area contributed by atoms with Gasteiger partial charge in [0.2, 0.25) is 0 Å². The topological polar surface area (TPSA) is 29.3 Å². The summed E-state index contributed by atoms with van der Waals surface area (Å²) in [6, 6.07) is 0.714. The summed E-state index contributed by atoms with van der Waals surface area (Å²) in [5, 5.41) is 0. The molecule has 3 fully saturated rings. The molecule has 2 nitrogen and oxygen atoms in total. The highest BCUT2D eigenvalue weighted by Crippen LogP contribution is 2.39. The lowest BCUT2D eigenvalue weighted by Crippen LogP contribution is -2.53. The van der Waals surface area contributed by atoms with E-state index in [2.05, 4.69) is 4.90 Å². The van der Waals surface area contributed by atoms with Crippen LogP contribution in [0.4, 0.5) is 0 Å². The van der Waals surface area contributed by atoms with Crippen LogP contribution in [0.25, 0.3) is 0 Å². The monoisotopic (exact) mass is 236 g/mol. The number of fused-ring (bicyclic) bond motifs is 1. The highest BCUT2D eigenvalue weighted by atomic mass is 15.2. The fourth-order valence-corrected chi connectivity index (χ4v) is 4.39. The summed E-state index contributed by atoms with van der Waals surface area (Å²) in [7, 11) is 0. The molecule has 17 heavy (non-hydrogen) atoms. The Morgan fingerprint density at radius 3 is 2.35 bits per heavy atom. The second kappa shape index (κ2) is 5.27. The summed E-state index contributed by atoms with van der Waals surface area (Å²) >= 11 is 0. The summed E-state index contributed by atoms with van der Waals surface area (Å²) in [5.41, 5.74) is 6.04. The quantitative estimate of drug-likeness (QED) is 0.816. The Labute approximate surface area is 106 Å². The maximum absolute atomic E-state index is 6.04. The molecule has 3 unspecified atom stereocenters. The van der Waals surface area contributed by atoms with Crippen LogP contribution in [-0.4, -0.2) is 30.6 Å². The molecular weight excluding hydrogens is 208 g/mol. The summed E-state index contributed by atoms with van der Waals surface area (Å²) in [4.78, 5) is 2.76. The van der Waals surface area contributed by atoms with Crippen LogP contribution in [0.2, 0.25) is 0 Å². The molecule has 2 saturated carbocycles. The standard InChI is InChI=1S/C15H28N2/c16-10-15(13-6-3-7-13)17-9-8-12-4-1-2-5-14(12)11-17/h12-15H,1-11,16H2. The average Bonchev–Trinajstić information content (AvgIpc) is 2.33. The van der Waals surface area contributed by atoms with Crippen LogP contribution >= 0.6 is 0 Å². The fourth-order valence-electron chi connectivity index (χ4n) is 4.39. The molecule has 1 heterocycles. The van der Waals surface area contributed by atoms with Crippen molar-refractivity contribution in [1.29, 1.82) is 0 Å². The zero-order valence-electron chi connectivity index (χ0n) is 11.1. The van der Waals surface area contributed by atoms with Crippen LogP contribution in [0.5, 0.6) is 0 Å². The van der Waals surface area contributed by atoms with Crippen molar-refractivity contribution in [3.63, 3.8) is 0 Å². The lowest BCUT2D eigenvalue weighted by Gasteiger charge is -2.47. The van der Waals surface area contributed by atoms with Crippen LogP contribution in [0.15, 0.2) is 0 Å². The third kappa shape index (κ3) is 2.39. The van der Waals surface area contributed by atoms with E-state index in [1.54, 1.807) is 0 Å². The molecular formula is C15H28N2. The summed E-state index contributed by atoms with van der Waals surface area (Å²) in [6.07, 6.45) is 11.7. The maximum atomic E-state index is 6.04. The van der Waals surface area contributed by atoms with Crippen molar-refractivity contribution in [2.24, 2.45) is 23.5 Å². The number of hydrogen-bond donors (Lipinski definition) is 1. The first kappa shape index (κ1) is 12.0. The highest BCUT2D eigenvalue weighted by molar-refractivity contribution is 4.91. The number of hydrogen-bond acceptors (Lipinski definition) is 2. The minimum atomic E-state index is 0.714. The Kier molecular flexibility index (Phi) is 3.72. The maximum Gasteiger partial charge on any atom is 0.0246 e. The first-order valence-electron chi connectivity index (χ1n) is 7.82. The van der Waals surface area contributed by atoms with Crippen molar-refractivity contribution < 1.29 is 0 Å². The van der Waals surface area contributed by atoms with Gasteiger partial charge in [0, 0.05) is 19.1 Å². The zero-order chi connectivity index (χ0) is 11.7. The molecule has 3 rings (SSSR count). The molecule has 98 valence electrons. The first-order valence-corrected chi connectivity index (χ1v) is 7.82.